The predicted octanol–water partition coefficient (Wildman–Crippen LogP) is 3.58. The van der Waals surface area contributed by atoms with Crippen LogP contribution >= 0.6 is 11.3 Å². The van der Waals surface area contributed by atoms with Crippen molar-refractivity contribution in [3.05, 3.63) is 39.8 Å². The molecule has 2 N–H and O–H groups in total. The summed E-state index contributed by atoms with van der Waals surface area (Å²) in [5.74, 6) is 1.92. The summed E-state index contributed by atoms with van der Waals surface area (Å²) in [6.45, 7) is 4.32. The highest BCUT2D eigenvalue weighted by Gasteiger charge is 2.33. The van der Waals surface area contributed by atoms with Crippen molar-refractivity contribution >= 4 is 17.3 Å². The number of aromatic nitrogens is 1. The lowest BCUT2D eigenvalue weighted by atomic mass is 10.2. The quantitative estimate of drug-likeness (QED) is 0.578. The third kappa shape index (κ3) is 5.51. The normalized spacial score (nSPS) is 14.5. The maximum Gasteiger partial charge on any atom is 0.434 e. The van der Waals surface area contributed by atoms with Crippen LogP contribution in [-0.4, -0.2) is 30.7 Å². The maximum absolute atomic E-state index is 12.6. The highest BCUT2D eigenvalue weighted by atomic mass is 32.1. The molecule has 1 aromatic heterocycles. The van der Waals surface area contributed by atoms with E-state index in [0.29, 0.717) is 43.0 Å². The zero-order valence-corrected chi connectivity index (χ0v) is 16.1. The average Bonchev–Trinajstić information content (AvgIpc) is 3.03. The second kappa shape index (κ2) is 9.13. The molecular formula is C18H21F3N4O2S. The summed E-state index contributed by atoms with van der Waals surface area (Å²) in [7, 11) is 0. The van der Waals surface area contributed by atoms with Crippen molar-refractivity contribution in [3.8, 4) is 11.5 Å². The number of rotatable bonds is 5. The van der Waals surface area contributed by atoms with Crippen molar-refractivity contribution in [1.82, 2.24) is 15.6 Å². The largest absolute Gasteiger partial charge is 0.490 e. The van der Waals surface area contributed by atoms with Gasteiger partial charge in [0.2, 0.25) is 0 Å². The predicted molar refractivity (Wildman–Crippen MR) is 101 cm³/mol. The van der Waals surface area contributed by atoms with E-state index >= 15 is 0 Å². The van der Waals surface area contributed by atoms with Crippen LogP contribution in [0, 0.1) is 0 Å². The van der Waals surface area contributed by atoms with Gasteiger partial charge in [-0.05, 0) is 24.6 Å². The molecule has 28 heavy (non-hydrogen) atoms. The first-order valence-corrected chi connectivity index (χ1v) is 9.76. The fourth-order valence-electron chi connectivity index (χ4n) is 2.50. The second-order valence-corrected chi connectivity index (χ2v) is 6.95. The molecule has 0 saturated carbocycles. The number of hydrogen-bond donors (Lipinski definition) is 2. The molecule has 0 fully saturated rings. The molecule has 0 radical (unpaired) electrons. The molecule has 0 atom stereocenters. The van der Waals surface area contributed by atoms with E-state index in [0.717, 1.165) is 34.5 Å². The van der Waals surface area contributed by atoms with E-state index in [9.17, 15) is 13.2 Å². The lowest BCUT2D eigenvalue weighted by Gasteiger charge is -2.11. The Kier molecular flexibility index (Phi) is 6.61. The van der Waals surface area contributed by atoms with Crippen molar-refractivity contribution in [2.24, 2.45) is 4.99 Å². The summed E-state index contributed by atoms with van der Waals surface area (Å²) in [6, 6.07) is 5.67. The smallest absolute Gasteiger partial charge is 0.434 e. The molecular weight excluding hydrogens is 393 g/mol. The van der Waals surface area contributed by atoms with Crippen molar-refractivity contribution < 1.29 is 22.6 Å². The Morgan fingerprint density at radius 3 is 2.71 bits per heavy atom. The first-order valence-electron chi connectivity index (χ1n) is 8.88. The third-order valence-electron chi connectivity index (χ3n) is 3.83. The molecule has 0 spiro atoms. The Balaban J connectivity index is 1.62. The summed E-state index contributed by atoms with van der Waals surface area (Å²) in [5.41, 5.74) is 0.0681. The van der Waals surface area contributed by atoms with Gasteiger partial charge in [0.15, 0.2) is 23.2 Å². The van der Waals surface area contributed by atoms with Gasteiger partial charge in [-0.1, -0.05) is 6.07 Å². The van der Waals surface area contributed by atoms with Crippen LogP contribution in [0.5, 0.6) is 11.5 Å². The first kappa shape index (κ1) is 20.2. The molecule has 2 heterocycles. The van der Waals surface area contributed by atoms with Gasteiger partial charge in [-0.2, -0.15) is 13.2 Å². The number of fused-ring (bicyclic) bond motifs is 1. The van der Waals surface area contributed by atoms with Gasteiger partial charge in [0.25, 0.3) is 0 Å². The fraction of sp³-hybridized carbons (Fsp3) is 0.444. The molecule has 6 nitrogen and oxygen atoms in total. The van der Waals surface area contributed by atoms with Crippen molar-refractivity contribution in [2.45, 2.75) is 32.6 Å². The SMILES string of the molecule is CCNC(=NCc1ccc2c(c1)OCCCO2)NCc1nc(C(F)(F)F)cs1. The lowest BCUT2D eigenvalue weighted by Crippen LogP contribution is -2.36. The average molecular weight is 414 g/mol. The molecule has 1 aliphatic rings. The number of benzene rings is 1. The Hall–Kier alpha value is -2.49. The number of guanidine groups is 1. The molecule has 3 rings (SSSR count). The van der Waals surface area contributed by atoms with Crippen molar-refractivity contribution in [3.63, 3.8) is 0 Å². The molecule has 0 aliphatic carbocycles. The van der Waals surface area contributed by atoms with Crippen molar-refractivity contribution in [2.75, 3.05) is 19.8 Å². The monoisotopic (exact) mass is 414 g/mol. The summed E-state index contributed by atoms with van der Waals surface area (Å²) >= 11 is 0.962. The van der Waals surface area contributed by atoms with Gasteiger partial charge in [0.1, 0.15) is 5.01 Å². The van der Waals surface area contributed by atoms with Crippen LogP contribution in [0.1, 0.15) is 29.6 Å². The molecule has 2 aromatic rings. The number of alkyl halides is 3. The maximum atomic E-state index is 12.6. The first-order chi connectivity index (χ1) is 13.5. The Morgan fingerprint density at radius 1 is 1.21 bits per heavy atom. The Labute approximate surface area is 164 Å². The van der Waals surface area contributed by atoms with E-state index in [4.69, 9.17) is 9.47 Å². The van der Waals surface area contributed by atoms with E-state index in [-0.39, 0.29) is 6.54 Å². The standard InChI is InChI=1S/C18H21F3N4O2S/c1-2-22-17(24-10-16-25-15(11-28-16)18(19,20)21)23-9-12-4-5-13-14(8-12)27-7-3-6-26-13/h4-5,8,11H,2-3,6-7,9-10H2,1H3,(H2,22,23,24). The minimum Gasteiger partial charge on any atom is -0.490 e. The summed E-state index contributed by atoms with van der Waals surface area (Å²) in [5, 5.41) is 7.43. The van der Waals surface area contributed by atoms with Gasteiger partial charge in [-0.25, -0.2) is 9.98 Å². The molecule has 1 aliphatic heterocycles. The van der Waals surface area contributed by atoms with Crippen LogP contribution in [-0.2, 0) is 19.3 Å². The molecule has 0 bridgehead atoms. The van der Waals surface area contributed by atoms with Crippen LogP contribution in [0.4, 0.5) is 13.2 Å². The summed E-state index contributed by atoms with van der Waals surface area (Å²) in [6.07, 6.45) is -3.59. The summed E-state index contributed by atoms with van der Waals surface area (Å²) in [4.78, 5) is 8.09. The zero-order valence-electron chi connectivity index (χ0n) is 15.3. The number of ether oxygens (including phenoxy) is 2. The van der Waals surface area contributed by atoms with E-state index in [1.165, 1.54) is 0 Å². The Bertz CT molecular complexity index is 823. The summed E-state index contributed by atoms with van der Waals surface area (Å²) < 4.78 is 49.2. The van der Waals surface area contributed by atoms with E-state index < -0.39 is 11.9 Å². The lowest BCUT2D eigenvalue weighted by molar-refractivity contribution is -0.140. The van der Waals surface area contributed by atoms with Gasteiger partial charge in [-0.3, -0.25) is 0 Å². The highest BCUT2D eigenvalue weighted by molar-refractivity contribution is 7.09. The van der Waals surface area contributed by atoms with Crippen LogP contribution in [0.3, 0.4) is 0 Å². The minimum absolute atomic E-state index is 0.160. The molecule has 0 amide bonds. The number of hydrogen-bond acceptors (Lipinski definition) is 5. The molecule has 10 heteroatoms. The molecule has 152 valence electrons. The number of nitrogens with zero attached hydrogens (tertiary/aromatic N) is 2. The van der Waals surface area contributed by atoms with Crippen molar-refractivity contribution in [1.29, 1.82) is 0 Å². The number of thiazole rings is 1. The highest BCUT2D eigenvalue weighted by Crippen LogP contribution is 2.31. The second-order valence-electron chi connectivity index (χ2n) is 6.00. The van der Waals surface area contributed by atoms with E-state index in [2.05, 4.69) is 20.6 Å². The van der Waals surface area contributed by atoms with Crippen LogP contribution < -0.4 is 20.1 Å². The minimum atomic E-state index is -4.43. The zero-order chi connectivity index (χ0) is 20.0. The van der Waals surface area contributed by atoms with E-state index in [1.54, 1.807) is 0 Å². The van der Waals surface area contributed by atoms with Gasteiger partial charge in [0.05, 0.1) is 26.3 Å². The van der Waals surface area contributed by atoms with Gasteiger partial charge < -0.3 is 20.1 Å². The molecule has 1 aromatic carbocycles. The number of nitrogens with one attached hydrogen (secondary N) is 2. The fourth-order valence-corrected chi connectivity index (χ4v) is 3.24. The topological polar surface area (TPSA) is 67.8 Å². The van der Waals surface area contributed by atoms with Gasteiger partial charge in [0, 0.05) is 18.3 Å². The number of halogens is 3. The van der Waals surface area contributed by atoms with Crippen LogP contribution in [0.2, 0.25) is 0 Å². The van der Waals surface area contributed by atoms with Gasteiger partial charge in [-0.15, -0.1) is 11.3 Å². The van der Waals surface area contributed by atoms with Crippen LogP contribution in [0.25, 0.3) is 0 Å². The van der Waals surface area contributed by atoms with Crippen LogP contribution in [0.15, 0.2) is 28.6 Å². The molecule has 0 saturated heterocycles. The van der Waals surface area contributed by atoms with Gasteiger partial charge >= 0.3 is 6.18 Å². The third-order valence-corrected chi connectivity index (χ3v) is 4.67. The molecule has 0 unspecified atom stereocenters. The number of aliphatic imine (C=N–C) groups is 1. The Morgan fingerprint density at radius 2 is 2.00 bits per heavy atom. The van der Waals surface area contributed by atoms with E-state index in [1.807, 2.05) is 25.1 Å².